The summed E-state index contributed by atoms with van der Waals surface area (Å²) < 4.78 is 22.4. The highest BCUT2D eigenvalue weighted by Gasteiger charge is 2.52. The fraction of sp³-hybridized carbons (Fsp3) is 0.375. The van der Waals surface area contributed by atoms with E-state index >= 15 is 0 Å². The molecule has 1 amide bonds. The Bertz CT molecular complexity index is 1010. The molecule has 33 heavy (non-hydrogen) atoms. The molecule has 1 aliphatic rings. The van der Waals surface area contributed by atoms with Gasteiger partial charge in [-0.15, -0.1) is 0 Å². The molecule has 8 nitrogen and oxygen atoms in total. The number of alkyl carbamates (subject to hydrolysis) is 1. The van der Waals surface area contributed by atoms with Crippen molar-refractivity contribution in [3.8, 4) is 0 Å². The molecular weight excluding hydrogens is 423 g/mol. The maximum Gasteiger partial charge on any atom is 0.492 e. The second kappa shape index (κ2) is 10.2. The quantitative estimate of drug-likeness (QED) is 0.504. The van der Waals surface area contributed by atoms with E-state index in [9.17, 15) is 9.59 Å². The molecule has 9 heteroatoms. The summed E-state index contributed by atoms with van der Waals surface area (Å²) in [5.41, 5.74) is 1.37. The number of methoxy groups -OCH3 is 1. The minimum absolute atomic E-state index is 0.118. The number of hydrogen-bond acceptors (Lipinski definition) is 7. The SMILES string of the molecule is COC(=O)c1cncc(C=C(CNC(=O)OCc2ccccc2)B2OC(C)(C)C(C)(C)O2)c1. The van der Waals surface area contributed by atoms with Crippen molar-refractivity contribution in [2.75, 3.05) is 13.7 Å². The lowest BCUT2D eigenvalue weighted by molar-refractivity contribution is 0.00578. The van der Waals surface area contributed by atoms with Crippen LogP contribution < -0.4 is 5.32 Å². The van der Waals surface area contributed by atoms with Crippen LogP contribution in [0.3, 0.4) is 0 Å². The number of hydrogen-bond donors (Lipinski definition) is 1. The molecule has 0 radical (unpaired) electrons. The number of benzene rings is 1. The van der Waals surface area contributed by atoms with Crippen molar-refractivity contribution in [1.82, 2.24) is 10.3 Å². The van der Waals surface area contributed by atoms with Crippen LogP contribution in [0, 0.1) is 0 Å². The van der Waals surface area contributed by atoms with Gasteiger partial charge >= 0.3 is 19.2 Å². The Hall–Kier alpha value is -3.17. The lowest BCUT2D eigenvalue weighted by Crippen LogP contribution is -2.41. The van der Waals surface area contributed by atoms with Crippen LogP contribution in [0.15, 0.2) is 54.3 Å². The lowest BCUT2D eigenvalue weighted by atomic mass is 9.77. The number of nitrogens with zero attached hydrogens (tertiary/aromatic N) is 1. The molecule has 2 aromatic rings. The van der Waals surface area contributed by atoms with Crippen molar-refractivity contribution in [3.05, 3.63) is 71.0 Å². The molecule has 0 bridgehead atoms. The minimum atomic E-state index is -0.703. The Morgan fingerprint density at radius 2 is 1.76 bits per heavy atom. The summed E-state index contributed by atoms with van der Waals surface area (Å²) in [5, 5.41) is 2.75. The van der Waals surface area contributed by atoms with Crippen molar-refractivity contribution >= 4 is 25.3 Å². The lowest BCUT2D eigenvalue weighted by Gasteiger charge is -2.32. The van der Waals surface area contributed by atoms with Crippen molar-refractivity contribution in [2.24, 2.45) is 0 Å². The number of carbonyl (C=O) groups is 2. The Morgan fingerprint density at radius 3 is 2.39 bits per heavy atom. The van der Waals surface area contributed by atoms with Gasteiger partial charge in [-0.3, -0.25) is 4.98 Å². The number of rotatable bonds is 7. The number of carbonyl (C=O) groups excluding carboxylic acids is 2. The number of esters is 1. The van der Waals surface area contributed by atoms with Gasteiger partial charge in [0.15, 0.2) is 0 Å². The molecule has 1 saturated heterocycles. The zero-order valence-corrected chi connectivity index (χ0v) is 19.6. The van der Waals surface area contributed by atoms with E-state index in [0.29, 0.717) is 16.6 Å². The minimum Gasteiger partial charge on any atom is -0.465 e. The van der Waals surface area contributed by atoms with E-state index in [1.807, 2.05) is 58.0 Å². The van der Waals surface area contributed by atoms with Crippen LogP contribution in [0.25, 0.3) is 6.08 Å². The molecule has 1 aromatic heterocycles. The second-order valence-electron chi connectivity index (χ2n) is 8.72. The highest BCUT2D eigenvalue weighted by molar-refractivity contribution is 6.56. The molecular formula is C24H29BN2O6. The van der Waals surface area contributed by atoms with Crippen LogP contribution in [0.2, 0.25) is 0 Å². The molecule has 0 aliphatic carbocycles. The normalized spacial score (nSPS) is 16.9. The van der Waals surface area contributed by atoms with Crippen LogP contribution in [0.5, 0.6) is 0 Å². The first-order valence-electron chi connectivity index (χ1n) is 10.7. The molecule has 1 fully saturated rings. The fourth-order valence-electron chi connectivity index (χ4n) is 3.13. The van der Waals surface area contributed by atoms with Crippen LogP contribution >= 0.6 is 0 Å². The second-order valence-corrected chi connectivity index (χ2v) is 8.72. The van der Waals surface area contributed by atoms with Gasteiger partial charge in [0, 0.05) is 18.9 Å². The maximum absolute atomic E-state index is 12.3. The summed E-state index contributed by atoms with van der Waals surface area (Å²) >= 11 is 0. The summed E-state index contributed by atoms with van der Waals surface area (Å²) in [6.07, 6.45) is 4.24. The number of nitrogens with one attached hydrogen (secondary N) is 1. The summed E-state index contributed by atoms with van der Waals surface area (Å²) in [7, 11) is 0.609. The smallest absolute Gasteiger partial charge is 0.465 e. The number of pyridine rings is 1. The summed E-state index contributed by atoms with van der Waals surface area (Å²) in [4.78, 5) is 28.3. The molecule has 1 N–H and O–H groups in total. The van der Waals surface area contributed by atoms with Gasteiger partial charge in [0.2, 0.25) is 0 Å². The fourth-order valence-corrected chi connectivity index (χ4v) is 3.13. The standard InChI is InChI=1S/C24H29BN2O6/c1-23(2)24(3,4)33-25(32-23)20(12-18-11-19(14-26-13-18)21(28)30-5)15-27-22(29)31-16-17-9-7-6-8-10-17/h6-14H,15-16H2,1-5H3,(H,27,29). The largest absolute Gasteiger partial charge is 0.492 e. The molecule has 0 saturated carbocycles. The average molecular weight is 452 g/mol. The van der Waals surface area contributed by atoms with Crippen molar-refractivity contribution in [1.29, 1.82) is 0 Å². The predicted octanol–water partition coefficient (Wildman–Crippen LogP) is 3.81. The number of ether oxygens (including phenoxy) is 2. The molecule has 0 atom stereocenters. The first-order chi connectivity index (χ1) is 15.6. The molecule has 1 aromatic carbocycles. The zero-order chi connectivity index (χ0) is 24.1. The van der Waals surface area contributed by atoms with Gasteiger partial charge in [-0.25, -0.2) is 9.59 Å². The third-order valence-electron chi connectivity index (χ3n) is 5.74. The van der Waals surface area contributed by atoms with Gasteiger partial charge < -0.3 is 24.1 Å². The first kappa shape index (κ1) is 24.5. The number of amides is 1. The summed E-state index contributed by atoms with van der Waals surface area (Å²) in [6.45, 7) is 8.08. The van der Waals surface area contributed by atoms with E-state index in [-0.39, 0.29) is 13.2 Å². The predicted molar refractivity (Wildman–Crippen MR) is 124 cm³/mol. The molecule has 2 heterocycles. The van der Waals surface area contributed by atoms with E-state index in [1.54, 1.807) is 18.3 Å². The third-order valence-corrected chi connectivity index (χ3v) is 5.74. The van der Waals surface area contributed by atoms with E-state index < -0.39 is 30.4 Å². The average Bonchev–Trinajstić information content (AvgIpc) is 3.02. The Kier molecular flexibility index (Phi) is 7.55. The van der Waals surface area contributed by atoms with E-state index in [1.165, 1.54) is 13.3 Å². The first-order valence-corrected chi connectivity index (χ1v) is 10.7. The monoisotopic (exact) mass is 452 g/mol. The van der Waals surface area contributed by atoms with Crippen molar-refractivity contribution in [2.45, 2.75) is 45.5 Å². The van der Waals surface area contributed by atoms with E-state index in [4.69, 9.17) is 18.8 Å². The summed E-state index contributed by atoms with van der Waals surface area (Å²) in [6, 6.07) is 11.1. The van der Waals surface area contributed by atoms with E-state index in [0.717, 1.165) is 5.56 Å². The van der Waals surface area contributed by atoms with Gasteiger partial charge in [0.25, 0.3) is 0 Å². The number of aromatic nitrogens is 1. The van der Waals surface area contributed by atoms with Gasteiger partial charge in [-0.1, -0.05) is 36.4 Å². The van der Waals surface area contributed by atoms with Crippen LogP contribution in [-0.4, -0.2) is 49.0 Å². The molecule has 0 spiro atoms. The zero-order valence-electron chi connectivity index (χ0n) is 19.6. The maximum atomic E-state index is 12.3. The molecule has 3 rings (SSSR count). The topological polar surface area (TPSA) is 96.0 Å². The van der Waals surface area contributed by atoms with Gasteiger partial charge in [-0.05, 0) is 50.4 Å². The van der Waals surface area contributed by atoms with Gasteiger partial charge in [0.05, 0.1) is 23.9 Å². The third kappa shape index (κ3) is 6.21. The van der Waals surface area contributed by atoms with Crippen molar-refractivity contribution in [3.63, 3.8) is 0 Å². The Balaban J connectivity index is 1.77. The highest BCUT2D eigenvalue weighted by Crippen LogP contribution is 2.38. The Labute approximate surface area is 194 Å². The van der Waals surface area contributed by atoms with Gasteiger partial charge in [0.1, 0.15) is 6.61 Å². The summed E-state index contributed by atoms with van der Waals surface area (Å²) in [5.74, 6) is -0.488. The van der Waals surface area contributed by atoms with E-state index in [2.05, 4.69) is 10.3 Å². The Morgan fingerprint density at radius 1 is 1.09 bits per heavy atom. The van der Waals surface area contributed by atoms with Crippen molar-refractivity contribution < 1.29 is 28.4 Å². The highest BCUT2D eigenvalue weighted by atomic mass is 16.7. The molecule has 0 unspecified atom stereocenters. The van der Waals surface area contributed by atoms with Crippen LogP contribution in [0.1, 0.15) is 49.2 Å². The molecule has 174 valence electrons. The van der Waals surface area contributed by atoms with Gasteiger partial charge in [-0.2, -0.15) is 0 Å². The van der Waals surface area contributed by atoms with Crippen LogP contribution in [0.4, 0.5) is 4.79 Å². The van der Waals surface area contributed by atoms with Crippen LogP contribution in [-0.2, 0) is 25.4 Å². The molecule has 1 aliphatic heterocycles.